The second-order valence-electron chi connectivity index (χ2n) is 5.56. The molecule has 1 aliphatic heterocycles. The fraction of sp³-hybridized carbons (Fsp3) is 0.111. The molecule has 0 aliphatic carbocycles. The number of hydrogen-bond acceptors (Lipinski definition) is 4. The van der Waals surface area contributed by atoms with Gasteiger partial charge in [0.05, 0.1) is 12.8 Å². The van der Waals surface area contributed by atoms with Gasteiger partial charge in [0.15, 0.2) is 5.11 Å². The number of hydrogen-bond donors (Lipinski definition) is 1. The zero-order valence-electron chi connectivity index (χ0n) is 14.2. The number of anilines is 1. The molecule has 0 unspecified atom stereocenters. The van der Waals surface area contributed by atoms with Gasteiger partial charge in [-0.15, -0.1) is 13.2 Å². The molecule has 0 radical (unpaired) electrons. The molecule has 2 aromatic rings. The van der Waals surface area contributed by atoms with Crippen molar-refractivity contribution in [1.82, 2.24) is 5.32 Å². The maximum Gasteiger partial charge on any atom is 0.573 e. The van der Waals surface area contributed by atoms with Gasteiger partial charge in [0.25, 0.3) is 5.91 Å². The Morgan fingerprint density at radius 1 is 1.18 bits per heavy atom. The number of nitrogens with zero attached hydrogens (tertiary/aromatic N) is 1. The smallest absolute Gasteiger partial charge is 0.496 e. The number of carbonyl (C=O) groups excluding carboxylic acids is 1. The van der Waals surface area contributed by atoms with Gasteiger partial charge >= 0.3 is 6.36 Å². The van der Waals surface area contributed by atoms with Crippen LogP contribution in [0.2, 0.25) is 0 Å². The van der Waals surface area contributed by atoms with Crippen molar-refractivity contribution in [3.8, 4) is 11.5 Å². The Balaban J connectivity index is 1.87. The average Bonchev–Trinajstić information content (AvgIpc) is 2.88. The molecule has 10 heteroatoms. The number of alkyl halides is 3. The minimum absolute atomic E-state index is 0.106. The SMILES string of the molecule is COc1ccc(Br)cc1/C=C1\NC(=S)N(c2ccc(OC(F)(F)F)cc2)C1=O. The van der Waals surface area contributed by atoms with E-state index < -0.39 is 18.0 Å². The summed E-state index contributed by atoms with van der Waals surface area (Å²) in [4.78, 5) is 13.9. The highest BCUT2D eigenvalue weighted by molar-refractivity contribution is 9.10. The summed E-state index contributed by atoms with van der Waals surface area (Å²) in [6, 6.07) is 10.2. The van der Waals surface area contributed by atoms with E-state index in [2.05, 4.69) is 26.0 Å². The van der Waals surface area contributed by atoms with Gasteiger partial charge in [-0.3, -0.25) is 9.69 Å². The Bertz CT molecular complexity index is 962. The van der Waals surface area contributed by atoms with Crippen LogP contribution in [0, 0.1) is 0 Å². The van der Waals surface area contributed by atoms with Gasteiger partial charge in [0, 0.05) is 10.0 Å². The maximum atomic E-state index is 12.8. The van der Waals surface area contributed by atoms with Crippen molar-refractivity contribution in [3.63, 3.8) is 0 Å². The lowest BCUT2D eigenvalue weighted by molar-refractivity contribution is -0.274. The lowest BCUT2D eigenvalue weighted by atomic mass is 10.1. The zero-order chi connectivity index (χ0) is 20.5. The molecule has 1 aliphatic rings. The first kappa shape index (κ1) is 20.2. The van der Waals surface area contributed by atoms with Crippen LogP contribution in [0.15, 0.2) is 52.6 Å². The summed E-state index contributed by atoms with van der Waals surface area (Å²) >= 11 is 8.56. The third-order valence-electron chi connectivity index (χ3n) is 3.70. The normalized spacial score (nSPS) is 15.8. The van der Waals surface area contributed by atoms with Crippen LogP contribution >= 0.6 is 28.1 Å². The van der Waals surface area contributed by atoms with Crippen molar-refractivity contribution >= 4 is 50.9 Å². The summed E-state index contributed by atoms with van der Waals surface area (Å²) in [6.07, 6.45) is -3.21. The number of rotatable bonds is 4. The molecule has 28 heavy (non-hydrogen) atoms. The Labute approximate surface area is 171 Å². The highest BCUT2D eigenvalue weighted by Gasteiger charge is 2.33. The second-order valence-corrected chi connectivity index (χ2v) is 6.86. The summed E-state index contributed by atoms with van der Waals surface area (Å²) in [5.41, 5.74) is 1.16. The topological polar surface area (TPSA) is 50.8 Å². The largest absolute Gasteiger partial charge is 0.573 e. The predicted octanol–water partition coefficient (Wildman–Crippen LogP) is 4.62. The van der Waals surface area contributed by atoms with E-state index in [0.29, 0.717) is 17.0 Å². The molecule has 146 valence electrons. The molecule has 0 bridgehead atoms. The number of methoxy groups -OCH3 is 1. The monoisotopic (exact) mass is 472 g/mol. The Kier molecular flexibility index (Phi) is 5.61. The summed E-state index contributed by atoms with van der Waals surface area (Å²) < 4.78 is 46.7. The lowest BCUT2D eigenvalue weighted by Gasteiger charge is -2.15. The van der Waals surface area contributed by atoms with Crippen LogP contribution < -0.4 is 19.7 Å². The van der Waals surface area contributed by atoms with Crippen LogP contribution in [0.3, 0.4) is 0 Å². The van der Waals surface area contributed by atoms with Crippen LogP contribution in [-0.2, 0) is 4.79 Å². The van der Waals surface area contributed by atoms with E-state index >= 15 is 0 Å². The first-order chi connectivity index (χ1) is 13.2. The summed E-state index contributed by atoms with van der Waals surface area (Å²) in [6.45, 7) is 0. The van der Waals surface area contributed by atoms with Crippen molar-refractivity contribution < 1.29 is 27.4 Å². The Morgan fingerprint density at radius 2 is 1.86 bits per heavy atom. The molecule has 1 saturated heterocycles. The molecule has 1 amide bonds. The number of benzene rings is 2. The van der Waals surface area contributed by atoms with Crippen LogP contribution in [0.4, 0.5) is 18.9 Å². The molecule has 1 fully saturated rings. The second kappa shape index (κ2) is 7.80. The molecule has 0 spiro atoms. The molecule has 3 rings (SSSR count). The van der Waals surface area contributed by atoms with Crippen LogP contribution in [0.25, 0.3) is 6.08 Å². The zero-order valence-corrected chi connectivity index (χ0v) is 16.6. The Hall–Kier alpha value is -2.59. The third-order valence-corrected chi connectivity index (χ3v) is 4.48. The van der Waals surface area contributed by atoms with Gasteiger partial charge in [-0.1, -0.05) is 15.9 Å². The molecular weight excluding hydrogens is 461 g/mol. The molecule has 0 atom stereocenters. The van der Waals surface area contributed by atoms with E-state index in [1.807, 2.05) is 0 Å². The van der Waals surface area contributed by atoms with Crippen molar-refractivity contribution in [2.45, 2.75) is 6.36 Å². The third kappa shape index (κ3) is 4.45. The number of amides is 1. The summed E-state index contributed by atoms with van der Waals surface area (Å²) in [5.74, 6) is -0.281. The van der Waals surface area contributed by atoms with E-state index in [9.17, 15) is 18.0 Å². The number of halogens is 4. The van der Waals surface area contributed by atoms with Gasteiger partial charge < -0.3 is 14.8 Å². The number of ether oxygens (including phenoxy) is 2. The molecule has 5 nitrogen and oxygen atoms in total. The minimum Gasteiger partial charge on any atom is -0.496 e. The van der Waals surface area contributed by atoms with Crippen LogP contribution in [0.1, 0.15) is 5.56 Å². The highest BCUT2D eigenvalue weighted by Crippen LogP contribution is 2.29. The van der Waals surface area contributed by atoms with Crippen LogP contribution in [0.5, 0.6) is 11.5 Å². The average molecular weight is 473 g/mol. The van der Waals surface area contributed by atoms with Gasteiger partial charge in [-0.05, 0) is 60.8 Å². The first-order valence-electron chi connectivity index (χ1n) is 7.74. The minimum atomic E-state index is -4.79. The van der Waals surface area contributed by atoms with E-state index in [1.54, 1.807) is 24.3 Å². The number of carbonyl (C=O) groups is 1. The maximum absolute atomic E-state index is 12.8. The van der Waals surface area contributed by atoms with E-state index in [0.717, 1.165) is 16.6 Å². The van der Waals surface area contributed by atoms with Crippen molar-refractivity contribution in [3.05, 3.63) is 58.2 Å². The number of nitrogens with one attached hydrogen (secondary N) is 1. The molecule has 0 saturated carbocycles. The van der Waals surface area contributed by atoms with Crippen LogP contribution in [-0.4, -0.2) is 24.5 Å². The fourth-order valence-electron chi connectivity index (χ4n) is 2.54. The van der Waals surface area contributed by atoms with Gasteiger partial charge in [0.2, 0.25) is 0 Å². The van der Waals surface area contributed by atoms with Crippen molar-refractivity contribution in [1.29, 1.82) is 0 Å². The highest BCUT2D eigenvalue weighted by atomic mass is 79.9. The summed E-state index contributed by atoms with van der Waals surface area (Å²) in [5, 5.41) is 2.92. The van der Waals surface area contributed by atoms with Gasteiger partial charge in [0.1, 0.15) is 17.2 Å². The molecule has 2 aromatic carbocycles. The Morgan fingerprint density at radius 3 is 2.46 bits per heavy atom. The predicted molar refractivity (Wildman–Crippen MR) is 105 cm³/mol. The molecular formula is C18H12BrF3N2O3S. The van der Waals surface area contributed by atoms with E-state index in [-0.39, 0.29) is 10.8 Å². The molecule has 1 heterocycles. The van der Waals surface area contributed by atoms with E-state index in [1.165, 1.54) is 24.1 Å². The molecule has 0 aromatic heterocycles. The van der Waals surface area contributed by atoms with E-state index in [4.69, 9.17) is 17.0 Å². The first-order valence-corrected chi connectivity index (χ1v) is 8.94. The number of thiocarbonyl (C=S) groups is 1. The van der Waals surface area contributed by atoms with Gasteiger partial charge in [-0.25, -0.2) is 0 Å². The fourth-order valence-corrected chi connectivity index (χ4v) is 3.22. The lowest BCUT2D eigenvalue weighted by Crippen LogP contribution is -2.30. The van der Waals surface area contributed by atoms with Crippen molar-refractivity contribution in [2.75, 3.05) is 12.0 Å². The molecule has 1 N–H and O–H groups in total. The quantitative estimate of drug-likeness (QED) is 0.519. The standard InChI is InChI=1S/C18H12BrF3N2O3S/c1-26-15-7-2-11(19)8-10(15)9-14-16(25)24(17(28)23-14)12-3-5-13(6-4-12)27-18(20,21)22/h2-9H,1H3,(H,23,28)/b14-9-. The van der Waals surface area contributed by atoms with Gasteiger partial charge in [-0.2, -0.15) is 0 Å². The van der Waals surface area contributed by atoms with Crippen molar-refractivity contribution in [2.24, 2.45) is 0 Å². The summed E-state index contributed by atoms with van der Waals surface area (Å²) in [7, 11) is 1.51.